The maximum atomic E-state index is 14.1. The Kier molecular flexibility index (Phi) is 6.61. The normalized spacial score (nSPS) is 27.0. The highest BCUT2D eigenvalue weighted by atomic mass is 32.2. The maximum Gasteiger partial charge on any atom is 0.325 e. The standard InChI is InChI=1S/C23H29F3N4O5S/c1-14-10-22(2,3)13-23(11-14)20(32)30(21(33)27-23)12-17(31)28-6-8-29(9-7-28)36(34,35)16-5-4-15(24)18(25)19(16)26/h4-5,14H,6-13H2,1-3H3,(H,27,33)/t14-,23+/m1/s1. The van der Waals surface area contributed by atoms with Crippen LogP contribution in [0.2, 0.25) is 0 Å². The van der Waals surface area contributed by atoms with Crippen molar-refractivity contribution >= 4 is 27.9 Å². The van der Waals surface area contributed by atoms with Gasteiger partial charge in [-0.2, -0.15) is 4.31 Å². The van der Waals surface area contributed by atoms with Gasteiger partial charge in [-0.15, -0.1) is 0 Å². The van der Waals surface area contributed by atoms with Gasteiger partial charge in [0.05, 0.1) is 0 Å². The Balaban J connectivity index is 1.41. The monoisotopic (exact) mass is 530 g/mol. The number of nitrogens with zero attached hydrogens (tertiary/aromatic N) is 3. The summed E-state index contributed by atoms with van der Waals surface area (Å²) in [7, 11) is -4.47. The van der Waals surface area contributed by atoms with E-state index in [9.17, 15) is 36.0 Å². The van der Waals surface area contributed by atoms with Gasteiger partial charge in [0.25, 0.3) is 5.91 Å². The van der Waals surface area contributed by atoms with Gasteiger partial charge in [0.2, 0.25) is 15.9 Å². The van der Waals surface area contributed by atoms with E-state index in [4.69, 9.17) is 0 Å². The van der Waals surface area contributed by atoms with E-state index in [2.05, 4.69) is 5.32 Å². The summed E-state index contributed by atoms with van der Waals surface area (Å²) in [6, 6.07) is 0.555. The smallest absolute Gasteiger partial charge is 0.325 e. The highest BCUT2D eigenvalue weighted by molar-refractivity contribution is 7.89. The number of hydrogen-bond acceptors (Lipinski definition) is 5. The second kappa shape index (κ2) is 9.02. The van der Waals surface area contributed by atoms with Crippen LogP contribution in [0.4, 0.5) is 18.0 Å². The molecule has 0 bridgehead atoms. The fourth-order valence-corrected chi connectivity index (χ4v) is 7.39. The highest BCUT2D eigenvalue weighted by Gasteiger charge is 2.56. The van der Waals surface area contributed by atoms with Crippen molar-refractivity contribution in [1.29, 1.82) is 0 Å². The molecule has 3 fully saturated rings. The number of urea groups is 1. The van der Waals surface area contributed by atoms with Crippen LogP contribution >= 0.6 is 0 Å². The molecule has 1 N–H and O–H groups in total. The number of amides is 4. The zero-order chi connectivity index (χ0) is 26.6. The van der Waals surface area contributed by atoms with E-state index < -0.39 is 62.3 Å². The number of benzene rings is 1. The van der Waals surface area contributed by atoms with Gasteiger partial charge in [-0.05, 0) is 42.7 Å². The molecule has 0 aromatic heterocycles. The number of halogens is 3. The Morgan fingerprint density at radius 2 is 1.69 bits per heavy atom. The van der Waals surface area contributed by atoms with E-state index in [-0.39, 0.29) is 37.5 Å². The van der Waals surface area contributed by atoms with E-state index in [1.165, 1.54) is 4.90 Å². The third-order valence-electron chi connectivity index (χ3n) is 7.13. The first-order valence-electron chi connectivity index (χ1n) is 11.7. The number of imide groups is 1. The summed E-state index contributed by atoms with van der Waals surface area (Å²) in [5, 5.41) is 2.81. The number of sulfonamides is 1. The van der Waals surface area contributed by atoms with Crippen molar-refractivity contribution < 1.29 is 36.0 Å². The zero-order valence-electron chi connectivity index (χ0n) is 20.3. The van der Waals surface area contributed by atoms with Crippen LogP contribution in [0.25, 0.3) is 0 Å². The summed E-state index contributed by atoms with van der Waals surface area (Å²) in [5.74, 6) is -5.95. The quantitative estimate of drug-likeness (QED) is 0.474. The van der Waals surface area contributed by atoms with E-state index in [1.807, 2.05) is 20.8 Å². The van der Waals surface area contributed by atoms with Gasteiger partial charge in [0.15, 0.2) is 17.5 Å². The van der Waals surface area contributed by atoms with Gasteiger partial charge >= 0.3 is 6.03 Å². The number of carbonyl (C=O) groups excluding carboxylic acids is 3. The van der Waals surface area contributed by atoms with Crippen LogP contribution in [0.1, 0.15) is 40.0 Å². The summed E-state index contributed by atoms with van der Waals surface area (Å²) in [6.07, 6.45) is 1.87. The van der Waals surface area contributed by atoms with Gasteiger partial charge < -0.3 is 10.2 Å². The average molecular weight is 531 g/mol. The minimum atomic E-state index is -4.47. The molecule has 1 aromatic rings. The molecule has 198 valence electrons. The SMILES string of the molecule is C[C@@H]1CC(C)(C)C[C@]2(C1)NC(=O)N(CC(=O)N1CCN(S(=O)(=O)c3ccc(F)c(F)c3F)CC1)C2=O. The molecule has 0 radical (unpaired) electrons. The summed E-state index contributed by atoms with van der Waals surface area (Å²) in [4.78, 5) is 40.1. The first-order chi connectivity index (χ1) is 16.7. The van der Waals surface area contributed by atoms with Crippen molar-refractivity contribution in [2.24, 2.45) is 11.3 Å². The lowest BCUT2D eigenvalue weighted by atomic mass is 9.64. The Labute approximate surface area is 207 Å². The molecule has 36 heavy (non-hydrogen) atoms. The largest absolute Gasteiger partial charge is 0.338 e. The van der Waals surface area contributed by atoms with E-state index >= 15 is 0 Å². The van der Waals surface area contributed by atoms with Crippen molar-refractivity contribution in [2.45, 2.75) is 50.5 Å². The van der Waals surface area contributed by atoms with Crippen LogP contribution in [-0.4, -0.2) is 78.6 Å². The maximum absolute atomic E-state index is 14.1. The molecule has 1 saturated carbocycles. The number of rotatable bonds is 4. The Morgan fingerprint density at radius 3 is 2.31 bits per heavy atom. The fraction of sp³-hybridized carbons (Fsp3) is 0.609. The molecule has 2 atom stereocenters. The number of piperazine rings is 1. The van der Waals surface area contributed by atoms with Gasteiger partial charge in [0, 0.05) is 26.2 Å². The van der Waals surface area contributed by atoms with E-state index in [1.54, 1.807) is 0 Å². The lowest BCUT2D eigenvalue weighted by Gasteiger charge is -2.43. The fourth-order valence-electron chi connectivity index (χ4n) is 5.91. The zero-order valence-corrected chi connectivity index (χ0v) is 21.1. The van der Waals surface area contributed by atoms with Crippen LogP contribution in [0, 0.1) is 28.8 Å². The van der Waals surface area contributed by atoms with Crippen LogP contribution < -0.4 is 5.32 Å². The van der Waals surface area contributed by atoms with Crippen LogP contribution in [0.3, 0.4) is 0 Å². The van der Waals surface area contributed by atoms with Crippen molar-refractivity contribution in [3.05, 3.63) is 29.6 Å². The van der Waals surface area contributed by atoms with Crippen LogP contribution in [0.5, 0.6) is 0 Å². The summed E-state index contributed by atoms with van der Waals surface area (Å²) < 4.78 is 67.2. The molecule has 0 unspecified atom stereocenters. The molecule has 1 aromatic carbocycles. The number of carbonyl (C=O) groups is 3. The summed E-state index contributed by atoms with van der Waals surface area (Å²) >= 11 is 0. The van der Waals surface area contributed by atoms with Crippen LogP contribution in [0.15, 0.2) is 17.0 Å². The molecular weight excluding hydrogens is 501 g/mol. The van der Waals surface area contributed by atoms with Crippen molar-refractivity contribution in [3.63, 3.8) is 0 Å². The van der Waals surface area contributed by atoms with Gasteiger partial charge in [-0.3, -0.25) is 14.5 Å². The Hall–Kier alpha value is -2.67. The predicted molar refractivity (Wildman–Crippen MR) is 121 cm³/mol. The van der Waals surface area contributed by atoms with Gasteiger partial charge in [-0.25, -0.2) is 26.4 Å². The topological polar surface area (TPSA) is 107 Å². The lowest BCUT2D eigenvalue weighted by Crippen LogP contribution is -2.55. The van der Waals surface area contributed by atoms with Gasteiger partial charge in [-0.1, -0.05) is 20.8 Å². The number of hydrogen-bond donors (Lipinski definition) is 1. The van der Waals surface area contributed by atoms with Crippen molar-refractivity contribution in [2.75, 3.05) is 32.7 Å². The van der Waals surface area contributed by atoms with Crippen LogP contribution in [-0.2, 0) is 19.6 Å². The predicted octanol–water partition coefficient (Wildman–Crippen LogP) is 2.07. The lowest BCUT2D eigenvalue weighted by molar-refractivity contribution is -0.141. The third-order valence-corrected chi connectivity index (χ3v) is 9.04. The molecule has 1 spiro atoms. The molecule has 1 aliphatic carbocycles. The van der Waals surface area contributed by atoms with Crippen molar-refractivity contribution in [1.82, 2.24) is 19.4 Å². The summed E-state index contributed by atoms with van der Waals surface area (Å²) in [6.45, 7) is 5.02. The molecule has 2 heterocycles. The third kappa shape index (κ3) is 4.58. The van der Waals surface area contributed by atoms with E-state index in [0.29, 0.717) is 25.0 Å². The first-order valence-corrected chi connectivity index (χ1v) is 13.2. The highest BCUT2D eigenvalue weighted by Crippen LogP contribution is 2.46. The number of nitrogens with one attached hydrogen (secondary N) is 1. The van der Waals surface area contributed by atoms with Gasteiger partial charge in [0.1, 0.15) is 17.0 Å². The van der Waals surface area contributed by atoms with E-state index in [0.717, 1.165) is 15.6 Å². The average Bonchev–Trinajstić information content (AvgIpc) is 2.99. The molecule has 2 saturated heterocycles. The summed E-state index contributed by atoms with van der Waals surface area (Å²) in [5.41, 5.74) is -1.20. The van der Waals surface area contributed by atoms with Crippen molar-refractivity contribution in [3.8, 4) is 0 Å². The molecule has 13 heteroatoms. The second-order valence-corrected chi connectivity index (χ2v) is 12.6. The first kappa shape index (κ1) is 26.4. The molecule has 3 aliphatic rings. The molecule has 2 aliphatic heterocycles. The molecule has 9 nitrogen and oxygen atoms in total. The minimum Gasteiger partial charge on any atom is -0.338 e. The molecule has 4 rings (SSSR count). The molecule has 4 amide bonds. The Morgan fingerprint density at radius 1 is 1.06 bits per heavy atom. The second-order valence-electron chi connectivity index (χ2n) is 10.7. The minimum absolute atomic E-state index is 0.0811. The Bertz CT molecular complexity index is 1220. The molecular formula is C23H29F3N4O5S.